The lowest BCUT2D eigenvalue weighted by Crippen LogP contribution is -2.44. The molecular formula is C21H32NO6PS. The van der Waals surface area contributed by atoms with E-state index in [0.717, 1.165) is 36.5 Å². The molecular weight excluding hydrogens is 425 g/mol. The molecule has 30 heavy (non-hydrogen) atoms. The maximum atomic E-state index is 12.8. The molecule has 1 atom stereocenters. The third-order valence-electron chi connectivity index (χ3n) is 5.00. The highest BCUT2D eigenvalue weighted by atomic mass is 32.2. The Bertz CT molecular complexity index is 981. The normalized spacial score (nSPS) is 14.2. The molecule has 9 heteroatoms. The SMILES string of the molecule is CCCCCCCS(=O)(=O)NC(c1cccc2ccccc12)C(C)(C)OP(=O)(O)O. The van der Waals surface area contributed by atoms with Crippen molar-refractivity contribution in [3.63, 3.8) is 0 Å². The van der Waals surface area contributed by atoms with Gasteiger partial charge in [0.05, 0.1) is 17.4 Å². The molecule has 0 aromatic heterocycles. The van der Waals surface area contributed by atoms with Crippen LogP contribution in [0.1, 0.15) is 64.5 Å². The lowest BCUT2D eigenvalue weighted by atomic mass is 9.89. The molecule has 0 saturated carbocycles. The third-order valence-corrected chi connectivity index (χ3v) is 7.13. The van der Waals surface area contributed by atoms with E-state index in [9.17, 15) is 22.8 Å². The number of unbranched alkanes of at least 4 members (excludes halogenated alkanes) is 4. The molecule has 0 bridgehead atoms. The van der Waals surface area contributed by atoms with Gasteiger partial charge in [-0.05, 0) is 36.6 Å². The van der Waals surface area contributed by atoms with Crippen LogP contribution in [0.15, 0.2) is 42.5 Å². The van der Waals surface area contributed by atoms with Gasteiger partial charge in [-0.1, -0.05) is 75.1 Å². The van der Waals surface area contributed by atoms with E-state index in [1.54, 1.807) is 12.1 Å². The van der Waals surface area contributed by atoms with Gasteiger partial charge >= 0.3 is 7.82 Å². The van der Waals surface area contributed by atoms with Gasteiger partial charge in [-0.2, -0.15) is 0 Å². The monoisotopic (exact) mass is 457 g/mol. The number of hydrogen-bond donors (Lipinski definition) is 3. The lowest BCUT2D eigenvalue weighted by molar-refractivity contribution is 0.0380. The highest BCUT2D eigenvalue weighted by Gasteiger charge is 2.40. The number of benzene rings is 2. The number of nitrogens with one attached hydrogen (secondary N) is 1. The maximum Gasteiger partial charge on any atom is 0.470 e. The Morgan fingerprint density at radius 2 is 1.67 bits per heavy atom. The van der Waals surface area contributed by atoms with Crippen molar-refractivity contribution in [2.75, 3.05) is 5.75 Å². The lowest BCUT2D eigenvalue weighted by Gasteiger charge is -2.35. The van der Waals surface area contributed by atoms with Crippen LogP contribution in [0.4, 0.5) is 0 Å². The minimum atomic E-state index is -4.86. The Morgan fingerprint density at radius 1 is 1.03 bits per heavy atom. The van der Waals surface area contributed by atoms with E-state index in [1.807, 2.05) is 30.3 Å². The molecule has 0 saturated heterocycles. The molecule has 0 aliphatic heterocycles. The maximum absolute atomic E-state index is 12.8. The highest BCUT2D eigenvalue weighted by molar-refractivity contribution is 7.89. The van der Waals surface area contributed by atoms with Crippen LogP contribution in [0.5, 0.6) is 0 Å². The average molecular weight is 458 g/mol. The zero-order chi connectivity index (χ0) is 22.4. The van der Waals surface area contributed by atoms with Crippen molar-refractivity contribution >= 4 is 28.6 Å². The third kappa shape index (κ3) is 7.45. The minimum Gasteiger partial charge on any atom is -0.303 e. The van der Waals surface area contributed by atoms with Gasteiger partial charge in [-0.15, -0.1) is 0 Å². The fourth-order valence-electron chi connectivity index (χ4n) is 3.58. The van der Waals surface area contributed by atoms with E-state index in [-0.39, 0.29) is 5.75 Å². The molecule has 3 N–H and O–H groups in total. The summed E-state index contributed by atoms with van der Waals surface area (Å²) in [5, 5.41) is 1.68. The summed E-state index contributed by atoms with van der Waals surface area (Å²) in [6, 6.07) is 11.9. The summed E-state index contributed by atoms with van der Waals surface area (Å²) in [4.78, 5) is 18.8. The largest absolute Gasteiger partial charge is 0.470 e. The van der Waals surface area contributed by atoms with Crippen molar-refractivity contribution in [1.29, 1.82) is 0 Å². The quantitative estimate of drug-likeness (QED) is 0.316. The first-order chi connectivity index (χ1) is 14.0. The second-order valence-electron chi connectivity index (χ2n) is 8.04. The molecule has 2 aromatic rings. The zero-order valence-electron chi connectivity index (χ0n) is 17.7. The second kappa shape index (κ2) is 10.4. The molecule has 0 amide bonds. The molecule has 2 aromatic carbocycles. The van der Waals surface area contributed by atoms with Crippen molar-refractivity contribution in [2.45, 2.75) is 64.5 Å². The minimum absolute atomic E-state index is 0.0516. The number of phosphoric acid groups is 1. The van der Waals surface area contributed by atoms with Gasteiger partial charge in [0.15, 0.2) is 0 Å². The van der Waals surface area contributed by atoms with Gasteiger partial charge in [0.25, 0.3) is 0 Å². The average Bonchev–Trinajstić information content (AvgIpc) is 2.63. The predicted octanol–water partition coefficient (Wildman–Crippen LogP) is 4.66. The molecule has 2 rings (SSSR count). The summed E-state index contributed by atoms with van der Waals surface area (Å²) >= 11 is 0. The zero-order valence-corrected chi connectivity index (χ0v) is 19.5. The Hall–Kier alpha value is -1.28. The Morgan fingerprint density at radius 3 is 2.33 bits per heavy atom. The predicted molar refractivity (Wildman–Crippen MR) is 120 cm³/mol. The van der Waals surface area contributed by atoms with E-state index in [0.29, 0.717) is 12.0 Å². The fourth-order valence-corrected chi connectivity index (χ4v) is 5.77. The van der Waals surface area contributed by atoms with Crippen LogP contribution in [0.2, 0.25) is 0 Å². The van der Waals surface area contributed by atoms with Gasteiger partial charge in [0.1, 0.15) is 0 Å². The molecule has 1 unspecified atom stereocenters. The number of sulfonamides is 1. The molecule has 0 aliphatic carbocycles. The van der Waals surface area contributed by atoms with Gasteiger partial charge in [-0.3, -0.25) is 4.52 Å². The Labute approximate surface area is 179 Å². The first-order valence-corrected chi connectivity index (χ1v) is 13.4. The van der Waals surface area contributed by atoms with Crippen LogP contribution in [0.25, 0.3) is 10.8 Å². The summed E-state index contributed by atoms with van der Waals surface area (Å²) in [6.07, 6.45) is 4.45. The molecule has 0 aliphatic rings. The van der Waals surface area contributed by atoms with E-state index >= 15 is 0 Å². The van der Waals surface area contributed by atoms with Crippen molar-refractivity contribution in [1.82, 2.24) is 4.72 Å². The van der Waals surface area contributed by atoms with E-state index in [2.05, 4.69) is 11.6 Å². The van der Waals surface area contributed by atoms with Crippen LogP contribution >= 0.6 is 7.82 Å². The Kier molecular flexibility index (Phi) is 8.62. The standard InChI is InChI=1S/C21H32NO6PS/c1-4-5-6-7-10-16-30(26,27)22-20(21(2,3)28-29(23,24)25)19-15-11-13-17-12-8-9-14-18(17)19/h8-9,11-15,20,22H,4-7,10,16H2,1-3H3,(H2,23,24,25). The molecule has 0 fully saturated rings. The van der Waals surface area contributed by atoms with Gasteiger partial charge in [0, 0.05) is 0 Å². The number of hydrogen-bond acceptors (Lipinski definition) is 4. The molecule has 0 heterocycles. The summed E-state index contributed by atoms with van der Waals surface area (Å²) in [5.41, 5.74) is -0.903. The first kappa shape index (κ1) is 25.0. The molecule has 7 nitrogen and oxygen atoms in total. The van der Waals surface area contributed by atoms with Crippen molar-refractivity contribution in [2.24, 2.45) is 0 Å². The van der Waals surface area contributed by atoms with E-state index in [1.165, 1.54) is 13.8 Å². The highest BCUT2D eigenvalue weighted by Crippen LogP contribution is 2.46. The number of phosphoric ester groups is 1. The van der Waals surface area contributed by atoms with Crippen LogP contribution in [0.3, 0.4) is 0 Å². The van der Waals surface area contributed by atoms with E-state index < -0.39 is 29.5 Å². The summed E-state index contributed by atoms with van der Waals surface area (Å²) in [7, 11) is -8.56. The second-order valence-corrected chi connectivity index (χ2v) is 11.1. The Balaban J connectivity index is 2.38. The smallest absolute Gasteiger partial charge is 0.303 e. The van der Waals surface area contributed by atoms with Crippen LogP contribution in [-0.4, -0.2) is 29.6 Å². The van der Waals surface area contributed by atoms with Gasteiger partial charge in [-0.25, -0.2) is 17.7 Å². The number of rotatable bonds is 12. The van der Waals surface area contributed by atoms with Crippen molar-refractivity contribution in [3.8, 4) is 0 Å². The van der Waals surface area contributed by atoms with E-state index in [4.69, 9.17) is 4.52 Å². The van der Waals surface area contributed by atoms with Crippen LogP contribution < -0.4 is 4.72 Å². The summed E-state index contributed by atoms with van der Waals surface area (Å²) < 4.78 is 44.9. The topological polar surface area (TPSA) is 113 Å². The van der Waals surface area contributed by atoms with Crippen LogP contribution in [0, 0.1) is 0 Å². The summed E-state index contributed by atoms with van der Waals surface area (Å²) in [5.74, 6) is -0.0516. The van der Waals surface area contributed by atoms with Crippen molar-refractivity contribution in [3.05, 3.63) is 48.0 Å². The van der Waals surface area contributed by atoms with Gasteiger partial charge < -0.3 is 9.79 Å². The first-order valence-electron chi connectivity index (χ1n) is 10.2. The van der Waals surface area contributed by atoms with Gasteiger partial charge in [0.2, 0.25) is 10.0 Å². The molecule has 0 radical (unpaired) electrons. The number of fused-ring (bicyclic) bond motifs is 1. The molecule has 0 spiro atoms. The summed E-state index contributed by atoms with van der Waals surface area (Å²) in [6.45, 7) is 5.04. The van der Waals surface area contributed by atoms with Crippen LogP contribution in [-0.2, 0) is 19.1 Å². The molecule has 168 valence electrons. The van der Waals surface area contributed by atoms with Crippen molar-refractivity contribution < 1.29 is 27.3 Å². The fraction of sp³-hybridized carbons (Fsp3) is 0.524.